The lowest BCUT2D eigenvalue weighted by Gasteiger charge is -2.07. The van der Waals surface area contributed by atoms with Gasteiger partial charge in [-0.3, -0.25) is 4.79 Å². The quantitative estimate of drug-likeness (QED) is 0.643. The van der Waals surface area contributed by atoms with Crippen LogP contribution in [0.1, 0.15) is 57.6 Å². The van der Waals surface area contributed by atoms with Crippen molar-refractivity contribution < 1.29 is 4.79 Å². The Morgan fingerprint density at radius 1 is 1.20 bits per heavy atom. The Morgan fingerprint density at radius 3 is 2.15 bits per heavy atom. The van der Waals surface area contributed by atoms with E-state index in [-0.39, 0.29) is 11.8 Å². The molecule has 1 N–H and O–H groups in total. The maximum absolute atomic E-state index is 10.8. The highest BCUT2D eigenvalue weighted by molar-refractivity contribution is 7.55. The lowest BCUT2D eigenvalue weighted by atomic mass is 9.98. The van der Waals surface area contributed by atoms with E-state index in [0.29, 0.717) is 5.92 Å². The van der Waals surface area contributed by atoms with Crippen LogP contribution in [-0.4, -0.2) is 13.0 Å². The summed E-state index contributed by atoms with van der Waals surface area (Å²) in [7, 11) is 3.91. The molecule has 0 heterocycles. The fourth-order valence-electron chi connectivity index (χ4n) is 1.54. The second-order valence-electron chi connectivity index (χ2n) is 5.20. The molecule has 1 aromatic rings. The van der Waals surface area contributed by atoms with Gasteiger partial charge in [0, 0.05) is 5.92 Å². The molecule has 1 rings (SSSR count). The van der Waals surface area contributed by atoms with Crippen molar-refractivity contribution in [3.8, 4) is 0 Å². The largest absolute Gasteiger partial charge is 0.399 e. The van der Waals surface area contributed by atoms with Crippen LogP contribution in [0.15, 0.2) is 24.3 Å². The van der Waals surface area contributed by atoms with Crippen LogP contribution in [0.3, 0.4) is 0 Å². The number of carbonyl (C=O) groups excluding carboxylic acids is 1. The van der Waals surface area contributed by atoms with Crippen molar-refractivity contribution in [2.24, 2.45) is 5.92 Å². The Morgan fingerprint density at radius 2 is 1.75 bits per heavy atom. The molecule has 1 aromatic carbocycles. The van der Waals surface area contributed by atoms with Crippen LogP contribution in [-0.2, 0) is 4.79 Å². The van der Waals surface area contributed by atoms with E-state index in [1.165, 1.54) is 17.5 Å². The maximum Gasteiger partial charge on any atom is 0.273 e. The van der Waals surface area contributed by atoms with E-state index in [1.807, 2.05) is 13.8 Å². The third-order valence-corrected chi connectivity index (χ3v) is 3.71. The van der Waals surface area contributed by atoms with Crippen LogP contribution in [0.4, 0.5) is 0 Å². The first-order valence-electron chi connectivity index (χ1n) is 7.36. The predicted octanol–water partition coefficient (Wildman–Crippen LogP) is 4.07. The van der Waals surface area contributed by atoms with Crippen molar-refractivity contribution in [3.63, 3.8) is 0 Å². The third-order valence-electron chi connectivity index (χ3n) is 3.54. The molecule has 0 saturated carbocycles. The smallest absolute Gasteiger partial charge is 0.273 e. The first kappa shape index (κ1) is 19.2. The molecule has 111 valence electrons. The normalized spacial score (nSPS) is 12.7. The Bertz CT molecular complexity index is 381. The summed E-state index contributed by atoms with van der Waals surface area (Å²) in [4.78, 5) is 10.8. The second-order valence-corrected chi connectivity index (χ2v) is 5.54. The lowest BCUT2D eigenvalue weighted by molar-refractivity contribution is -0.122. The van der Waals surface area contributed by atoms with E-state index in [2.05, 4.69) is 59.4 Å². The molecule has 4 heteroatoms. The van der Waals surface area contributed by atoms with Gasteiger partial charge in [-0.25, -0.2) is 0 Å². The summed E-state index contributed by atoms with van der Waals surface area (Å²) in [6, 6.07) is 8.82. The molecule has 0 bridgehead atoms. The highest BCUT2D eigenvalue weighted by Crippen LogP contribution is 2.18. The minimum Gasteiger partial charge on any atom is -0.399 e. The first-order chi connectivity index (χ1) is 9.46. The second kappa shape index (κ2) is 10.9. The van der Waals surface area contributed by atoms with E-state index in [0.717, 1.165) is 6.42 Å². The number of hydrogen-bond donors (Lipinski definition) is 1. The standard InChI is InChI=1S/C11H16.C5H12BNOP/c1-4-10(3)11-7-5-9(2)6-8-11;1-3-4(2)5(8)7-6-9/h5-8,10H,4H2,1-3H3;4H,3,9H2,1-2H3,(H,7,8). The average Bonchev–Trinajstić information content (AvgIpc) is 2.47. The van der Waals surface area contributed by atoms with Gasteiger partial charge in [0.15, 0.2) is 0 Å². The number of nitrogens with one attached hydrogen (secondary N) is 1. The molecule has 3 atom stereocenters. The fraction of sp³-hybridized carbons (Fsp3) is 0.562. The number of amides is 1. The topological polar surface area (TPSA) is 29.1 Å². The molecule has 2 nitrogen and oxygen atoms in total. The number of hydrogen-bond acceptors (Lipinski definition) is 1. The van der Waals surface area contributed by atoms with Crippen molar-refractivity contribution >= 4 is 22.2 Å². The van der Waals surface area contributed by atoms with E-state index in [1.54, 1.807) is 7.13 Å². The molecule has 1 amide bonds. The van der Waals surface area contributed by atoms with Crippen molar-refractivity contribution in [2.45, 2.75) is 53.4 Å². The van der Waals surface area contributed by atoms with Crippen LogP contribution >= 0.6 is 9.12 Å². The Balaban J connectivity index is 0.000000370. The van der Waals surface area contributed by atoms with Crippen LogP contribution in [0.2, 0.25) is 0 Å². The molecule has 0 aromatic heterocycles. The van der Waals surface area contributed by atoms with Gasteiger partial charge in [-0.1, -0.05) is 57.5 Å². The summed E-state index contributed by atoms with van der Waals surface area (Å²) in [5.41, 5.74) is 2.80. The first-order valence-corrected chi connectivity index (χ1v) is 8.03. The predicted molar refractivity (Wildman–Crippen MR) is 92.9 cm³/mol. The summed E-state index contributed by atoms with van der Waals surface area (Å²) in [6.07, 6.45) is 2.12. The van der Waals surface area contributed by atoms with Gasteiger partial charge in [0.1, 0.15) is 0 Å². The number of carbonyl (C=O) groups is 1. The van der Waals surface area contributed by atoms with Crippen LogP contribution in [0.5, 0.6) is 0 Å². The zero-order valence-electron chi connectivity index (χ0n) is 13.4. The van der Waals surface area contributed by atoms with Gasteiger partial charge in [0.2, 0.25) is 5.91 Å². The highest BCUT2D eigenvalue weighted by Gasteiger charge is 2.07. The van der Waals surface area contributed by atoms with Gasteiger partial charge in [-0.15, -0.1) is 0 Å². The minimum absolute atomic E-state index is 0.0903. The van der Waals surface area contributed by atoms with Gasteiger partial charge in [-0.05, 0) is 31.2 Å². The van der Waals surface area contributed by atoms with Crippen LogP contribution < -0.4 is 5.23 Å². The number of rotatable bonds is 5. The molecule has 20 heavy (non-hydrogen) atoms. The molecular weight excluding hydrogens is 264 g/mol. The van der Waals surface area contributed by atoms with E-state index < -0.39 is 0 Å². The summed E-state index contributed by atoms with van der Waals surface area (Å²) in [5.74, 6) is 0.921. The van der Waals surface area contributed by atoms with Crippen LogP contribution in [0, 0.1) is 12.8 Å². The molecule has 0 spiro atoms. The number of aryl methyl sites for hydroxylation is 1. The van der Waals surface area contributed by atoms with E-state index >= 15 is 0 Å². The SMILES string of the molecule is CCC(C)C(=O)N[B]P.CCC(C)c1ccc(C)cc1. The zero-order valence-corrected chi connectivity index (χ0v) is 14.6. The monoisotopic (exact) mass is 292 g/mol. The van der Waals surface area contributed by atoms with Gasteiger partial charge < -0.3 is 5.23 Å². The summed E-state index contributed by atoms with van der Waals surface area (Å²) >= 11 is 0. The van der Waals surface area contributed by atoms with Gasteiger partial charge >= 0.3 is 0 Å². The van der Waals surface area contributed by atoms with Crippen molar-refractivity contribution in [3.05, 3.63) is 35.4 Å². The van der Waals surface area contributed by atoms with E-state index in [9.17, 15) is 4.79 Å². The maximum atomic E-state index is 10.8. The molecule has 1 radical (unpaired) electrons. The van der Waals surface area contributed by atoms with Crippen molar-refractivity contribution in [1.29, 1.82) is 0 Å². The number of benzene rings is 1. The Hall–Kier alpha value is -0.815. The average molecular weight is 292 g/mol. The minimum atomic E-state index is 0.0903. The highest BCUT2D eigenvalue weighted by atomic mass is 31.0. The molecule has 0 aliphatic rings. The summed E-state index contributed by atoms with van der Waals surface area (Å²) < 4.78 is 0. The Kier molecular flexibility index (Phi) is 10.5. The van der Waals surface area contributed by atoms with Gasteiger partial charge in [0.05, 0.1) is 0 Å². The van der Waals surface area contributed by atoms with Crippen molar-refractivity contribution in [1.82, 2.24) is 5.23 Å². The molecule has 0 aliphatic carbocycles. The molecule has 0 saturated heterocycles. The van der Waals surface area contributed by atoms with Gasteiger partial charge in [0.25, 0.3) is 7.13 Å². The van der Waals surface area contributed by atoms with Gasteiger partial charge in [-0.2, -0.15) is 9.12 Å². The molecule has 3 unspecified atom stereocenters. The summed E-state index contributed by atoms with van der Waals surface area (Å²) in [6.45, 7) is 10.5. The lowest BCUT2D eigenvalue weighted by Crippen LogP contribution is -2.29. The Labute approximate surface area is 127 Å². The fourth-order valence-corrected chi connectivity index (χ4v) is 1.70. The molecular formula is C16H28BNOP. The summed E-state index contributed by atoms with van der Waals surface area (Å²) in [5, 5.41) is 2.60. The van der Waals surface area contributed by atoms with E-state index in [4.69, 9.17) is 0 Å². The molecule has 0 aliphatic heterocycles. The third kappa shape index (κ3) is 7.70. The van der Waals surface area contributed by atoms with Crippen molar-refractivity contribution in [2.75, 3.05) is 0 Å². The zero-order chi connectivity index (χ0) is 15.5. The molecule has 0 fully saturated rings. The van der Waals surface area contributed by atoms with Crippen LogP contribution in [0.25, 0.3) is 0 Å².